The lowest BCUT2D eigenvalue weighted by atomic mass is 10.2. The quantitative estimate of drug-likeness (QED) is 0.833. The molecule has 84 valence electrons. The van der Waals surface area contributed by atoms with Crippen LogP contribution in [-0.4, -0.2) is 15.1 Å². The van der Waals surface area contributed by atoms with Crippen molar-refractivity contribution in [2.24, 2.45) is 5.92 Å². The lowest BCUT2D eigenvalue weighted by molar-refractivity contribution is 0.684. The van der Waals surface area contributed by atoms with Gasteiger partial charge in [-0.2, -0.15) is 5.26 Å². The highest BCUT2D eigenvalue weighted by molar-refractivity contribution is 8.23. The van der Waals surface area contributed by atoms with Crippen LogP contribution in [0.5, 0.6) is 0 Å². The SMILES string of the molecule is CC(CC#N)CSC(=S)Nc1ccncc1. The first-order chi connectivity index (χ1) is 7.72. The van der Waals surface area contributed by atoms with Crippen LogP contribution < -0.4 is 5.32 Å². The highest BCUT2D eigenvalue weighted by Gasteiger charge is 2.04. The highest BCUT2D eigenvalue weighted by Crippen LogP contribution is 2.15. The van der Waals surface area contributed by atoms with Crippen molar-refractivity contribution < 1.29 is 0 Å². The van der Waals surface area contributed by atoms with Crippen molar-refractivity contribution in [3.05, 3.63) is 24.5 Å². The third-order valence-corrected chi connectivity index (χ3v) is 3.42. The zero-order valence-corrected chi connectivity index (χ0v) is 10.6. The normalized spacial score (nSPS) is 11.5. The van der Waals surface area contributed by atoms with Crippen molar-refractivity contribution in [2.75, 3.05) is 11.1 Å². The number of thiocarbonyl (C=S) groups is 1. The third-order valence-electron chi connectivity index (χ3n) is 1.87. The summed E-state index contributed by atoms with van der Waals surface area (Å²) in [6.07, 6.45) is 4.01. The van der Waals surface area contributed by atoms with Crippen LogP contribution in [0.1, 0.15) is 13.3 Å². The van der Waals surface area contributed by atoms with E-state index >= 15 is 0 Å². The van der Waals surface area contributed by atoms with Crippen molar-refractivity contribution >= 4 is 34.0 Å². The Bertz CT molecular complexity index is 373. The highest BCUT2D eigenvalue weighted by atomic mass is 32.2. The van der Waals surface area contributed by atoms with Gasteiger partial charge in [-0.1, -0.05) is 30.9 Å². The van der Waals surface area contributed by atoms with Crippen LogP contribution >= 0.6 is 24.0 Å². The molecule has 1 atom stereocenters. The van der Waals surface area contributed by atoms with Gasteiger partial charge in [-0.3, -0.25) is 4.98 Å². The summed E-state index contributed by atoms with van der Waals surface area (Å²) in [5, 5.41) is 11.6. The number of pyridine rings is 1. The Morgan fingerprint density at radius 3 is 2.94 bits per heavy atom. The van der Waals surface area contributed by atoms with Gasteiger partial charge in [0, 0.05) is 30.3 Å². The number of thioether (sulfide) groups is 1. The fourth-order valence-corrected chi connectivity index (χ4v) is 2.09. The molecule has 0 bridgehead atoms. The summed E-state index contributed by atoms with van der Waals surface area (Å²) in [6.45, 7) is 2.05. The summed E-state index contributed by atoms with van der Waals surface area (Å²) >= 11 is 6.76. The van der Waals surface area contributed by atoms with E-state index in [2.05, 4.69) is 16.4 Å². The standard InChI is InChI=1S/C11H13N3S2/c1-9(2-5-12)8-16-11(15)14-10-3-6-13-7-4-10/h3-4,6-7,9H,2,8H2,1H3,(H,13,14,15). The first-order valence-corrected chi connectivity index (χ1v) is 6.32. The Kier molecular flexibility index (Phi) is 5.83. The second-order valence-electron chi connectivity index (χ2n) is 3.43. The Balaban J connectivity index is 2.29. The van der Waals surface area contributed by atoms with E-state index in [0.717, 1.165) is 15.8 Å². The van der Waals surface area contributed by atoms with Gasteiger partial charge >= 0.3 is 0 Å². The average Bonchev–Trinajstić information content (AvgIpc) is 2.28. The van der Waals surface area contributed by atoms with E-state index in [-0.39, 0.29) is 0 Å². The molecule has 3 nitrogen and oxygen atoms in total. The molecule has 0 aromatic carbocycles. The van der Waals surface area contributed by atoms with Crippen LogP contribution in [0, 0.1) is 17.2 Å². The number of anilines is 1. The minimum Gasteiger partial charge on any atom is -0.341 e. The van der Waals surface area contributed by atoms with Gasteiger partial charge in [0.1, 0.15) is 4.32 Å². The van der Waals surface area contributed by atoms with E-state index in [9.17, 15) is 0 Å². The summed E-state index contributed by atoms with van der Waals surface area (Å²) in [7, 11) is 0. The number of aromatic nitrogens is 1. The van der Waals surface area contributed by atoms with Gasteiger partial charge in [0.25, 0.3) is 0 Å². The molecule has 1 aromatic rings. The molecule has 1 N–H and O–H groups in total. The molecule has 0 radical (unpaired) electrons. The zero-order valence-electron chi connectivity index (χ0n) is 9.01. The van der Waals surface area contributed by atoms with Crippen LogP contribution in [0.15, 0.2) is 24.5 Å². The zero-order chi connectivity index (χ0) is 11.8. The molecule has 16 heavy (non-hydrogen) atoms. The summed E-state index contributed by atoms with van der Waals surface area (Å²) in [4.78, 5) is 3.93. The molecule has 0 aliphatic rings. The van der Waals surface area contributed by atoms with Crippen LogP contribution in [0.3, 0.4) is 0 Å². The smallest absolute Gasteiger partial charge is 0.138 e. The van der Waals surface area contributed by atoms with Crippen molar-refractivity contribution in [3.63, 3.8) is 0 Å². The second-order valence-corrected chi connectivity index (χ2v) is 5.12. The predicted molar refractivity (Wildman–Crippen MR) is 72.3 cm³/mol. The van der Waals surface area contributed by atoms with Gasteiger partial charge in [0.15, 0.2) is 0 Å². The van der Waals surface area contributed by atoms with Crippen LogP contribution in [0.2, 0.25) is 0 Å². The van der Waals surface area contributed by atoms with Crippen molar-refractivity contribution in [1.29, 1.82) is 5.26 Å². The third kappa shape index (κ3) is 5.10. The van der Waals surface area contributed by atoms with Crippen LogP contribution in [-0.2, 0) is 0 Å². The van der Waals surface area contributed by atoms with Crippen LogP contribution in [0.25, 0.3) is 0 Å². The average molecular weight is 251 g/mol. The van der Waals surface area contributed by atoms with E-state index in [1.807, 2.05) is 19.1 Å². The molecule has 1 aromatic heterocycles. The second kappa shape index (κ2) is 7.20. The molecule has 0 amide bonds. The van der Waals surface area contributed by atoms with E-state index < -0.39 is 0 Å². The van der Waals surface area contributed by atoms with Gasteiger partial charge in [0.2, 0.25) is 0 Å². The molecule has 1 rings (SSSR count). The maximum atomic E-state index is 8.52. The Hall–Kier alpha value is -1.12. The molecule has 1 unspecified atom stereocenters. The number of hydrogen-bond donors (Lipinski definition) is 1. The minimum atomic E-state index is 0.368. The lowest BCUT2D eigenvalue weighted by Gasteiger charge is -2.09. The molecular weight excluding hydrogens is 238 g/mol. The Labute approximate surface area is 105 Å². The number of nitrogens with one attached hydrogen (secondary N) is 1. The monoisotopic (exact) mass is 251 g/mol. The molecule has 0 saturated carbocycles. The molecule has 0 fully saturated rings. The van der Waals surface area contributed by atoms with E-state index in [4.69, 9.17) is 17.5 Å². The summed E-state index contributed by atoms with van der Waals surface area (Å²) < 4.78 is 0.732. The van der Waals surface area contributed by atoms with Crippen molar-refractivity contribution in [1.82, 2.24) is 4.98 Å². The van der Waals surface area contributed by atoms with Gasteiger partial charge in [0.05, 0.1) is 6.07 Å². The molecule has 0 spiro atoms. The van der Waals surface area contributed by atoms with Crippen LogP contribution in [0.4, 0.5) is 5.69 Å². The van der Waals surface area contributed by atoms with Gasteiger partial charge in [-0.25, -0.2) is 0 Å². The maximum absolute atomic E-state index is 8.52. The molecule has 0 aliphatic carbocycles. The maximum Gasteiger partial charge on any atom is 0.138 e. The molecule has 5 heteroatoms. The fraction of sp³-hybridized carbons (Fsp3) is 0.364. The summed E-state index contributed by atoms with van der Waals surface area (Å²) in [5.74, 6) is 1.23. The number of nitriles is 1. The van der Waals surface area contributed by atoms with Gasteiger partial charge in [-0.15, -0.1) is 0 Å². The van der Waals surface area contributed by atoms with E-state index in [1.54, 1.807) is 24.2 Å². The number of rotatable bonds is 4. The van der Waals surface area contributed by atoms with E-state index in [0.29, 0.717) is 12.3 Å². The molecule has 0 aliphatic heterocycles. The molecular formula is C11H13N3S2. The minimum absolute atomic E-state index is 0.368. The fourth-order valence-electron chi connectivity index (χ4n) is 1.02. The van der Waals surface area contributed by atoms with Crippen molar-refractivity contribution in [3.8, 4) is 6.07 Å². The Morgan fingerprint density at radius 2 is 2.31 bits per heavy atom. The Morgan fingerprint density at radius 1 is 1.62 bits per heavy atom. The van der Waals surface area contributed by atoms with Gasteiger partial charge in [-0.05, 0) is 18.1 Å². The number of nitrogens with zero attached hydrogens (tertiary/aromatic N) is 2. The lowest BCUT2D eigenvalue weighted by Crippen LogP contribution is -2.08. The largest absolute Gasteiger partial charge is 0.341 e. The topological polar surface area (TPSA) is 48.7 Å². The van der Waals surface area contributed by atoms with Crippen molar-refractivity contribution in [2.45, 2.75) is 13.3 Å². The first-order valence-electron chi connectivity index (χ1n) is 4.93. The van der Waals surface area contributed by atoms with E-state index in [1.165, 1.54) is 0 Å². The first kappa shape index (κ1) is 12.9. The van der Waals surface area contributed by atoms with Gasteiger partial charge < -0.3 is 5.32 Å². The number of hydrogen-bond acceptors (Lipinski definition) is 4. The predicted octanol–water partition coefficient (Wildman–Crippen LogP) is 3.06. The summed E-state index contributed by atoms with van der Waals surface area (Å²) in [6, 6.07) is 5.89. The molecule has 1 heterocycles. The molecule has 0 saturated heterocycles. The summed E-state index contributed by atoms with van der Waals surface area (Å²) in [5.41, 5.74) is 0.945.